The van der Waals surface area contributed by atoms with Crippen molar-refractivity contribution in [2.45, 2.75) is 0 Å². The number of hydrogen-bond acceptors (Lipinski definition) is 6. The minimum Gasteiger partial charge on any atom is -0.508 e. The summed E-state index contributed by atoms with van der Waals surface area (Å²) in [6.45, 7) is 0. The summed E-state index contributed by atoms with van der Waals surface area (Å²) in [6, 6.07) is 5.39. The maximum absolute atomic E-state index is 12.5. The number of ketones is 2. The van der Waals surface area contributed by atoms with E-state index >= 15 is 0 Å². The highest BCUT2D eigenvalue weighted by Crippen LogP contribution is 2.40. The van der Waals surface area contributed by atoms with Crippen LogP contribution in [0.1, 0.15) is 32.2 Å². The number of hydrogen-bond donors (Lipinski definition) is 2. The van der Waals surface area contributed by atoms with Crippen molar-refractivity contribution in [2.75, 3.05) is 0 Å². The van der Waals surface area contributed by atoms with E-state index in [4.69, 9.17) is 4.42 Å². The molecule has 0 spiro atoms. The zero-order chi connectivity index (χ0) is 14.7. The molecule has 0 aliphatic heterocycles. The van der Waals surface area contributed by atoms with Crippen LogP contribution in [0.25, 0.3) is 11.0 Å². The number of phenols is 2. The first-order valence-electron chi connectivity index (χ1n) is 6.11. The second-order valence-corrected chi connectivity index (χ2v) is 4.70. The lowest BCUT2D eigenvalue weighted by Gasteiger charge is -2.11. The smallest absolute Gasteiger partial charge is 0.248 e. The molecule has 0 saturated heterocycles. The van der Waals surface area contributed by atoms with Gasteiger partial charge in [0, 0.05) is 18.3 Å². The van der Waals surface area contributed by atoms with Crippen LogP contribution in [0.5, 0.6) is 11.5 Å². The van der Waals surface area contributed by atoms with Crippen LogP contribution in [0.15, 0.2) is 34.9 Å². The first kappa shape index (κ1) is 11.7. The summed E-state index contributed by atoms with van der Waals surface area (Å²) in [5.41, 5.74) is 0.281. The van der Waals surface area contributed by atoms with Crippen LogP contribution in [0, 0.1) is 0 Å². The lowest BCUT2D eigenvalue weighted by molar-refractivity contribution is 0.0958. The lowest BCUT2D eigenvalue weighted by atomic mass is 9.90. The Balaban J connectivity index is 2.14. The van der Waals surface area contributed by atoms with E-state index in [1.165, 1.54) is 18.3 Å². The fourth-order valence-electron chi connectivity index (χ4n) is 2.58. The molecule has 2 N–H and O–H groups in total. The molecule has 2 heterocycles. The second-order valence-electron chi connectivity index (χ2n) is 4.70. The monoisotopic (exact) mass is 281 g/mol. The molecule has 1 aliphatic carbocycles. The minimum absolute atomic E-state index is 0.00741. The van der Waals surface area contributed by atoms with Crippen LogP contribution in [-0.2, 0) is 0 Å². The predicted octanol–water partition coefficient (Wildman–Crippen LogP) is 2.01. The topological polar surface area (TPSA) is 101 Å². The zero-order valence-corrected chi connectivity index (χ0v) is 10.5. The molecule has 6 heteroatoms. The van der Waals surface area contributed by atoms with Gasteiger partial charge in [0.1, 0.15) is 22.8 Å². The third-order valence-corrected chi connectivity index (χ3v) is 3.46. The van der Waals surface area contributed by atoms with Gasteiger partial charge in [-0.2, -0.15) is 0 Å². The van der Waals surface area contributed by atoms with E-state index in [0.717, 1.165) is 6.07 Å². The number of benzene rings is 1. The van der Waals surface area contributed by atoms with Crippen molar-refractivity contribution in [2.24, 2.45) is 0 Å². The van der Waals surface area contributed by atoms with Gasteiger partial charge >= 0.3 is 0 Å². The third-order valence-electron chi connectivity index (χ3n) is 3.46. The highest BCUT2D eigenvalue weighted by atomic mass is 16.3. The van der Waals surface area contributed by atoms with Gasteiger partial charge < -0.3 is 14.6 Å². The Morgan fingerprint density at radius 3 is 2.71 bits per heavy atom. The number of furan rings is 1. The number of phenolic OH excluding ortho intramolecular Hbond substituents is 2. The van der Waals surface area contributed by atoms with Gasteiger partial charge in [0.05, 0.1) is 16.5 Å². The number of aromatic hydroxyl groups is 2. The predicted molar refractivity (Wildman–Crippen MR) is 70.6 cm³/mol. The maximum Gasteiger partial charge on any atom is 0.248 e. The van der Waals surface area contributed by atoms with E-state index in [1.807, 2.05) is 0 Å². The van der Waals surface area contributed by atoms with Crippen LogP contribution in [0.3, 0.4) is 0 Å². The number of nitrogens with zero attached hydrogens (tertiary/aromatic N) is 1. The summed E-state index contributed by atoms with van der Waals surface area (Å²) >= 11 is 0. The largest absolute Gasteiger partial charge is 0.508 e. The van der Waals surface area contributed by atoms with Crippen molar-refractivity contribution >= 4 is 22.5 Å². The standard InChI is InChI=1S/C15H7NO5/c17-6-4-8(18)10-9(5-6)21-15-11(10)13(19)7-2-1-3-16-12(7)14(15)20/h1-5,17-18H. The number of aromatic nitrogens is 1. The molecule has 0 amide bonds. The molecular weight excluding hydrogens is 274 g/mol. The van der Waals surface area contributed by atoms with Crippen LogP contribution in [0.2, 0.25) is 0 Å². The SMILES string of the molecule is O=C1c2ncccc2C(=O)c2c1oc1cc(O)cc(O)c21. The van der Waals surface area contributed by atoms with E-state index < -0.39 is 11.6 Å². The molecule has 0 bridgehead atoms. The second kappa shape index (κ2) is 3.69. The number of carbonyl (C=O) groups is 2. The molecule has 6 nitrogen and oxygen atoms in total. The van der Waals surface area contributed by atoms with E-state index in [0.29, 0.717) is 0 Å². The van der Waals surface area contributed by atoms with Gasteiger partial charge in [-0.15, -0.1) is 0 Å². The van der Waals surface area contributed by atoms with E-state index in [9.17, 15) is 19.8 Å². The van der Waals surface area contributed by atoms with Crippen molar-refractivity contribution in [3.05, 3.63) is 53.0 Å². The molecular formula is C15H7NO5. The Morgan fingerprint density at radius 2 is 1.90 bits per heavy atom. The number of carbonyl (C=O) groups excluding carboxylic acids is 2. The maximum atomic E-state index is 12.5. The normalized spacial score (nSPS) is 13.3. The quantitative estimate of drug-likeness (QED) is 0.511. The van der Waals surface area contributed by atoms with Crippen molar-refractivity contribution < 1.29 is 24.2 Å². The molecule has 21 heavy (non-hydrogen) atoms. The van der Waals surface area contributed by atoms with Gasteiger partial charge in [-0.3, -0.25) is 14.6 Å². The number of pyridine rings is 1. The van der Waals surface area contributed by atoms with Crippen molar-refractivity contribution in [1.29, 1.82) is 0 Å². The van der Waals surface area contributed by atoms with Gasteiger partial charge in [-0.1, -0.05) is 0 Å². The van der Waals surface area contributed by atoms with Gasteiger partial charge in [-0.05, 0) is 12.1 Å². The molecule has 0 atom stereocenters. The van der Waals surface area contributed by atoms with E-state index in [2.05, 4.69) is 4.98 Å². The fraction of sp³-hybridized carbons (Fsp3) is 0. The molecule has 0 radical (unpaired) electrons. The average Bonchev–Trinajstić information content (AvgIpc) is 2.84. The van der Waals surface area contributed by atoms with Crippen LogP contribution in [-0.4, -0.2) is 26.8 Å². The Bertz CT molecular complexity index is 954. The molecule has 0 fully saturated rings. The average molecular weight is 281 g/mol. The molecule has 3 aromatic rings. The molecule has 0 unspecified atom stereocenters. The van der Waals surface area contributed by atoms with Crippen molar-refractivity contribution in [3.63, 3.8) is 0 Å². The summed E-state index contributed by atoms with van der Waals surface area (Å²) in [5, 5.41) is 19.5. The van der Waals surface area contributed by atoms with Gasteiger partial charge in [0.15, 0.2) is 11.5 Å². The summed E-state index contributed by atoms with van der Waals surface area (Å²) in [4.78, 5) is 28.8. The molecule has 102 valence electrons. The molecule has 2 aromatic heterocycles. The summed E-state index contributed by atoms with van der Waals surface area (Å²) in [7, 11) is 0. The minimum atomic E-state index is -0.518. The number of fused-ring (bicyclic) bond motifs is 4. The molecule has 0 saturated carbocycles. The van der Waals surface area contributed by atoms with Gasteiger partial charge in [0.2, 0.25) is 5.78 Å². The fourth-order valence-corrected chi connectivity index (χ4v) is 2.58. The highest BCUT2D eigenvalue weighted by molar-refractivity contribution is 6.31. The van der Waals surface area contributed by atoms with Crippen molar-refractivity contribution in [1.82, 2.24) is 4.98 Å². The Morgan fingerprint density at radius 1 is 1.10 bits per heavy atom. The van der Waals surface area contributed by atoms with E-state index in [1.54, 1.807) is 6.07 Å². The lowest BCUT2D eigenvalue weighted by Crippen LogP contribution is -2.20. The zero-order valence-electron chi connectivity index (χ0n) is 10.5. The van der Waals surface area contributed by atoms with Crippen LogP contribution in [0.4, 0.5) is 0 Å². The summed E-state index contributed by atoms with van der Waals surface area (Å²) in [6.07, 6.45) is 1.42. The van der Waals surface area contributed by atoms with Crippen LogP contribution >= 0.6 is 0 Å². The first-order valence-corrected chi connectivity index (χ1v) is 6.11. The van der Waals surface area contributed by atoms with Crippen LogP contribution < -0.4 is 0 Å². The third kappa shape index (κ3) is 1.38. The highest BCUT2D eigenvalue weighted by Gasteiger charge is 2.37. The Labute approximate surface area is 117 Å². The molecule has 4 rings (SSSR count). The Hall–Kier alpha value is -3.15. The summed E-state index contributed by atoms with van der Waals surface area (Å²) < 4.78 is 5.36. The molecule has 1 aliphatic rings. The van der Waals surface area contributed by atoms with E-state index in [-0.39, 0.29) is 45.0 Å². The number of rotatable bonds is 0. The van der Waals surface area contributed by atoms with Gasteiger partial charge in [-0.25, -0.2) is 0 Å². The van der Waals surface area contributed by atoms with Crippen molar-refractivity contribution in [3.8, 4) is 11.5 Å². The van der Waals surface area contributed by atoms with Gasteiger partial charge in [0.25, 0.3) is 0 Å². The molecule has 1 aromatic carbocycles. The summed E-state index contributed by atoms with van der Waals surface area (Å²) in [5.74, 6) is -1.66. The Kier molecular flexibility index (Phi) is 2.05. The first-order chi connectivity index (χ1) is 10.1.